The maximum Gasteiger partial charge on any atom is 0.265 e. The lowest BCUT2D eigenvalue weighted by molar-refractivity contribution is -0.121. The maximum atomic E-state index is 12.4. The highest BCUT2D eigenvalue weighted by atomic mass is 32.2. The van der Waals surface area contributed by atoms with E-state index in [1.165, 1.54) is 37.4 Å². The van der Waals surface area contributed by atoms with Crippen LogP contribution in [-0.2, 0) is 20.7 Å². The molecule has 0 spiro atoms. The summed E-state index contributed by atoms with van der Waals surface area (Å²) >= 11 is 1.52. The number of carbonyl (C=O) groups is 2. The molecule has 2 amide bonds. The summed E-state index contributed by atoms with van der Waals surface area (Å²) < 4.78 is 5.44. The average Bonchev–Trinajstić information content (AvgIpc) is 2.92. The molecule has 0 unspecified atom stereocenters. The van der Waals surface area contributed by atoms with Gasteiger partial charge in [0.2, 0.25) is 5.91 Å². The number of allylic oxidation sites excluding steroid dienone is 1. The lowest BCUT2D eigenvalue weighted by Crippen LogP contribution is -2.35. The highest BCUT2D eigenvalue weighted by Crippen LogP contribution is 2.26. The summed E-state index contributed by atoms with van der Waals surface area (Å²) in [6.07, 6.45) is 7.53. The molecule has 3 rings (SSSR count). The molecule has 1 heterocycles. The first kappa shape index (κ1) is 19.8. The average molecular weight is 389 g/mol. The lowest BCUT2D eigenvalue weighted by atomic mass is 10.1. The molecule has 0 radical (unpaired) electrons. The third-order valence-electron chi connectivity index (χ3n) is 4.97. The van der Waals surface area contributed by atoms with Gasteiger partial charge in [0.1, 0.15) is 10.7 Å². The van der Waals surface area contributed by atoms with Crippen molar-refractivity contribution >= 4 is 29.3 Å². The summed E-state index contributed by atoms with van der Waals surface area (Å²) in [5.41, 5.74) is 1.67. The molecule has 6 heteroatoms. The van der Waals surface area contributed by atoms with E-state index in [-0.39, 0.29) is 11.8 Å². The van der Waals surface area contributed by atoms with E-state index < -0.39 is 0 Å². The Hall–Kier alpha value is -1.95. The number of rotatable bonds is 5. The van der Waals surface area contributed by atoms with Crippen LogP contribution in [0.5, 0.6) is 0 Å². The summed E-state index contributed by atoms with van der Waals surface area (Å²) in [7, 11) is 0. The quantitative estimate of drug-likeness (QED) is 0.748. The van der Waals surface area contributed by atoms with Gasteiger partial charge in [-0.05, 0) is 37.5 Å². The van der Waals surface area contributed by atoms with Crippen LogP contribution in [0, 0.1) is 0 Å². The predicted octanol–water partition coefficient (Wildman–Crippen LogP) is 4.00. The third kappa shape index (κ3) is 6.03. The van der Waals surface area contributed by atoms with Gasteiger partial charge in [-0.3, -0.25) is 9.59 Å². The van der Waals surface area contributed by atoms with Crippen LogP contribution in [-0.4, -0.2) is 30.2 Å². The van der Waals surface area contributed by atoms with Crippen molar-refractivity contribution in [3.63, 3.8) is 0 Å². The minimum Gasteiger partial charge on any atom is -0.496 e. The summed E-state index contributed by atoms with van der Waals surface area (Å²) in [5, 5.41) is 6.07. The van der Waals surface area contributed by atoms with Crippen molar-refractivity contribution in [2.45, 2.75) is 57.9 Å². The number of carbonyl (C=O) groups excluding carboxylic acids is 2. The summed E-state index contributed by atoms with van der Waals surface area (Å²) in [4.78, 5) is 25.3. The second-order valence-corrected chi connectivity index (χ2v) is 8.27. The summed E-state index contributed by atoms with van der Waals surface area (Å²) in [5.74, 6) is 1.40. The van der Waals surface area contributed by atoms with Crippen LogP contribution >= 0.6 is 11.8 Å². The Bertz CT molecular complexity index is 692. The zero-order chi connectivity index (χ0) is 19.1. The lowest BCUT2D eigenvalue weighted by Gasteiger charge is -2.18. The molecule has 1 saturated carbocycles. The van der Waals surface area contributed by atoms with Crippen LogP contribution in [0.1, 0.15) is 51.0 Å². The molecule has 0 bridgehead atoms. The van der Waals surface area contributed by atoms with Gasteiger partial charge in [0, 0.05) is 17.5 Å². The fourth-order valence-corrected chi connectivity index (χ4v) is 4.33. The smallest absolute Gasteiger partial charge is 0.265 e. The number of anilines is 1. The van der Waals surface area contributed by atoms with Gasteiger partial charge >= 0.3 is 0 Å². The van der Waals surface area contributed by atoms with Crippen LogP contribution in [0.25, 0.3) is 0 Å². The maximum absolute atomic E-state index is 12.4. The van der Waals surface area contributed by atoms with Crippen molar-refractivity contribution in [2.24, 2.45) is 0 Å². The largest absolute Gasteiger partial charge is 0.496 e. The zero-order valence-corrected chi connectivity index (χ0v) is 16.7. The van der Waals surface area contributed by atoms with Crippen LogP contribution in [0.15, 0.2) is 34.9 Å². The Labute approximate surface area is 165 Å². The molecule has 1 aliphatic heterocycles. The van der Waals surface area contributed by atoms with Gasteiger partial charge < -0.3 is 15.4 Å². The number of ether oxygens (including phenoxy) is 1. The SMILES string of the molecule is CC1=C(C(=O)Nc2ccc(CC(=O)NC3CCCCCC3)cc2)SCCO1. The number of benzene rings is 1. The molecule has 1 aliphatic carbocycles. The van der Waals surface area contributed by atoms with Gasteiger partial charge in [0.25, 0.3) is 5.91 Å². The van der Waals surface area contributed by atoms with Crippen molar-refractivity contribution in [1.29, 1.82) is 0 Å². The van der Waals surface area contributed by atoms with E-state index in [1.807, 2.05) is 31.2 Å². The normalized spacial score (nSPS) is 18.4. The Morgan fingerprint density at radius 3 is 2.48 bits per heavy atom. The van der Waals surface area contributed by atoms with E-state index in [0.717, 1.165) is 29.8 Å². The monoisotopic (exact) mass is 388 g/mol. The van der Waals surface area contributed by atoms with Gasteiger partial charge in [0.05, 0.1) is 13.0 Å². The highest BCUT2D eigenvalue weighted by Gasteiger charge is 2.19. The van der Waals surface area contributed by atoms with Crippen molar-refractivity contribution in [3.05, 3.63) is 40.5 Å². The minimum atomic E-state index is -0.143. The predicted molar refractivity (Wildman–Crippen MR) is 110 cm³/mol. The number of nitrogens with one attached hydrogen (secondary N) is 2. The van der Waals surface area contributed by atoms with E-state index in [2.05, 4.69) is 10.6 Å². The Balaban J connectivity index is 1.51. The van der Waals surface area contributed by atoms with Crippen LogP contribution in [0.3, 0.4) is 0 Å². The molecule has 2 N–H and O–H groups in total. The number of amides is 2. The van der Waals surface area contributed by atoms with Crippen molar-refractivity contribution in [3.8, 4) is 0 Å². The molecule has 1 fully saturated rings. The standard InChI is InChI=1S/C21H28N2O3S/c1-15-20(27-13-12-26-15)21(25)23-18-10-8-16(9-11-18)14-19(24)22-17-6-4-2-3-5-7-17/h8-11,17H,2-7,12-14H2,1H3,(H,22,24)(H,23,25). The van der Waals surface area contributed by atoms with E-state index in [9.17, 15) is 9.59 Å². The summed E-state index contributed by atoms with van der Waals surface area (Å²) in [6.45, 7) is 2.46. The van der Waals surface area contributed by atoms with E-state index in [1.54, 1.807) is 0 Å². The third-order valence-corrected chi connectivity index (χ3v) is 6.10. The van der Waals surface area contributed by atoms with Crippen LogP contribution in [0.4, 0.5) is 5.69 Å². The molecule has 0 atom stereocenters. The molecular weight excluding hydrogens is 360 g/mol. The van der Waals surface area contributed by atoms with E-state index in [0.29, 0.717) is 29.7 Å². The summed E-state index contributed by atoms with van der Waals surface area (Å²) in [6, 6.07) is 7.81. The van der Waals surface area contributed by atoms with Gasteiger partial charge in [-0.15, -0.1) is 11.8 Å². The Morgan fingerprint density at radius 2 is 1.81 bits per heavy atom. The van der Waals surface area contributed by atoms with Crippen molar-refractivity contribution < 1.29 is 14.3 Å². The molecule has 2 aliphatic rings. The molecular formula is C21H28N2O3S. The molecule has 27 heavy (non-hydrogen) atoms. The van der Waals surface area contributed by atoms with Gasteiger partial charge in [0.15, 0.2) is 0 Å². The van der Waals surface area contributed by atoms with Crippen molar-refractivity contribution in [2.75, 3.05) is 17.7 Å². The van der Waals surface area contributed by atoms with Gasteiger partial charge in [-0.25, -0.2) is 0 Å². The Morgan fingerprint density at radius 1 is 1.11 bits per heavy atom. The topological polar surface area (TPSA) is 67.4 Å². The van der Waals surface area contributed by atoms with Gasteiger partial charge in [-0.2, -0.15) is 0 Å². The van der Waals surface area contributed by atoms with Crippen molar-refractivity contribution in [1.82, 2.24) is 5.32 Å². The number of hydrogen-bond acceptors (Lipinski definition) is 4. The minimum absolute atomic E-state index is 0.0789. The van der Waals surface area contributed by atoms with Crippen LogP contribution < -0.4 is 10.6 Å². The number of thioether (sulfide) groups is 1. The van der Waals surface area contributed by atoms with E-state index in [4.69, 9.17) is 4.74 Å². The van der Waals surface area contributed by atoms with E-state index >= 15 is 0 Å². The number of hydrogen-bond donors (Lipinski definition) is 2. The zero-order valence-electron chi connectivity index (χ0n) is 15.9. The molecule has 1 aromatic rings. The molecule has 5 nitrogen and oxygen atoms in total. The fourth-order valence-electron chi connectivity index (χ4n) is 3.51. The highest BCUT2D eigenvalue weighted by molar-refractivity contribution is 8.04. The molecule has 146 valence electrons. The van der Waals surface area contributed by atoms with Gasteiger partial charge in [-0.1, -0.05) is 37.8 Å². The first-order valence-corrected chi connectivity index (χ1v) is 10.8. The first-order chi connectivity index (χ1) is 13.1. The first-order valence-electron chi connectivity index (χ1n) is 9.78. The molecule has 1 aromatic carbocycles. The molecule has 0 saturated heterocycles. The second kappa shape index (κ2) is 9.83. The molecule has 0 aromatic heterocycles. The fraction of sp³-hybridized carbons (Fsp3) is 0.524. The Kier molecular flexibility index (Phi) is 7.21. The van der Waals surface area contributed by atoms with Crippen LogP contribution in [0.2, 0.25) is 0 Å². The second-order valence-electron chi connectivity index (χ2n) is 7.17.